The topological polar surface area (TPSA) is 0 Å². The van der Waals surface area contributed by atoms with Crippen LogP contribution >= 0.6 is 0 Å². The molecule has 0 aliphatic heterocycles. The van der Waals surface area contributed by atoms with Gasteiger partial charge in [-0.15, -0.1) is 0 Å². The second-order valence-electron chi connectivity index (χ2n) is 5.31. The van der Waals surface area contributed by atoms with Crippen molar-refractivity contribution >= 4 is 0 Å². The molecule has 0 N–H and O–H groups in total. The van der Waals surface area contributed by atoms with Gasteiger partial charge >= 0.3 is 0 Å². The Kier molecular flexibility index (Phi) is 3.42. The van der Waals surface area contributed by atoms with Crippen LogP contribution in [0.1, 0.15) is 60.4 Å². The molecule has 0 spiro atoms. The van der Waals surface area contributed by atoms with E-state index in [0.717, 1.165) is 6.42 Å². The van der Waals surface area contributed by atoms with Gasteiger partial charge in [0.1, 0.15) is 0 Å². The predicted octanol–water partition coefficient (Wildman–Crippen LogP) is 5.09. The van der Waals surface area contributed by atoms with Crippen LogP contribution in [0.2, 0.25) is 0 Å². The maximum Gasteiger partial charge on any atom is 0.00978 e. The third-order valence-electron chi connectivity index (χ3n) is 4.39. The molecule has 2 aliphatic rings. The molecule has 2 aromatic rings. The van der Waals surface area contributed by atoms with Gasteiger partial charge < -0.3 is 0 Å². The van der Waals surface area contributed by atoms with Crippen molar-refractivity contribution in [3.63, 3.8) is 0 Å². The Morgan fingerprint density at radius 1 is 0.842 bits per heavy atom. The number of rotatable bonds is 0. The molecule has 0 nitrogen and oxygen atoms in total. The van der Waals surface area contributed by atoms with Gasteiger partial charge in [-0.3, -0.25) is 0 Å². The van der Waals surface area contributed by atoms with E-state index in [4.69, 9.17) is 0 Å². The Hall–Kier alpha value is -1.56. The molecule has 0 amide bonds. The molecular formula is C19H22. The molecule has 0 fully saturated rings. The van der Waals surface area contributed by atoms with Crippen molar-refractivity contribution in [3.05, 3.63) is 70.3 Å². The van der Waals surface area contributed by atoms with Crippen molar-refractivity contribution in [3.8, 4) is 0 Å². The van der Waals surface area contributed by atoms with E-state index >= 15 is 0 Å². The van der Waals surface area contributed by atoms with E-state index in [0.29, 0.717) is 5.92 Å². The Labute approximate surface area is 116 Å². The summed E-state index contributed by atoms with van der Waals surface area (Å²) in [5, 5.41) is 0. The van der Waals surface area contributed by atoms with E-state index in [1.165, 1.54) is 19.3 Å². The predicted molar refractivity (Wildman–Crippen MR) is 81.8 cm³/mol. The van der Waals surface area contributed by atoms with Crippen LogP contribution in [0, 0.1) is 0 Å². The lowest BCUT2D eigenvalue weighted by molar-refractivity contribution is 0.598. The molecule has 1 atom stereocenters. The first-order valence-electron chi connectivity index (χ1n) is 7.62. The van der Waals surface area contributed by atoms with Crippen molar-refractivity contribution in [1.82, 2.24) is 0 Å². The molecule has 0 radical (unpaired) electrons. The lowest BCUT2D eigenvalue weighted by Gasteiger charge is -2.33. The minimum absolute atomic E-state index is 0.680. The molecule has 0 saturated carbocycles. The summed E-state index contributed by atoms with van der Waals surface area (Å²) in [7, 11) is 0. The molecule has 0 bridgehead atoms. The number of aryl methyl sites for hydroxylation is 1. The fourth-order valence-corrected chi connectivity index (χ4v) is 3.68. The third kappa shape index (κ3) is 2.00. The summed E-state index contributed by atoms with van der Waals surface area (Å²) in [6.07, 6.45) is 5.09. The van der Waals surface area contributed by atoms with Gasteiger partial charge in [-0.05, 0) is 53.5 Å². The fourth-order valence-electron chi connectivity index (χ4n) is 3.68. The first-order valence-corrected chi connectivity index (χ1v) is 7.62. The minimum Gasteiger partial charge on any atom is -0.0683 e. The van der Waals surface area contributed by atoms with Crippen LogP contribution in [0.25, 0.3) is 0 Å². The Morgan fingerprint density at radius 2 is 1.58 bits per heavy atom. The van der Waals surface area contributed by atoms with Gasteiger partial charge in [0.15, 0.2) is 0 Å². The van der Waals surface area contributed by atoms with E-state index in [-0.39, 0.29) is 0 Å². The highest BCUT2D eigenvalue weighted by Crippen LogP contribution is 2.44. The average Bonchev–Trinajstić information content (AvgIpc) is 2.50. The molecule has 0 aromatic heterocycles. The van der Waals surface area contributed by atoms with E-state index in [9.17, 15) is 0 Å². The number of hydrogen-bond acceptors (Lipinski definition) is 0. The van der Waals surface area contributed by atoms with Gasteiger partial charge in [-0.2, -0.15) is 0 Å². The first kappa shape index (κ1) is 12.5. The number of benzene rings is 2. The van der Waals surface area contributed by atoms with E-state index < -0.39 is 0 Å². The third-order valence-corrected chi connectivity index (χ3v) is 4.39. The van der Waals surface area contributed by atoms with Crippen molar-refractivity contribution in [2.45, 2.75) is 45.4 Å². The van der Waals surface area contributed by atoms with Gasteiger partial charge in [0.25, 0.3) is 0 Å². The molecular weight excluding hydrogens is 228 g/mol. The van der Waals surface area contributed by atoms with Crippen LogP contribution < -0.4 is 0 Å². The zero-order valence-electron chi connectivity index (χ0n) is 11.9. The fraction of sp³-hybridized carbons (Fsp3) is 0.368. The van der Waals surface area contributed by atoms with E-state index in [1.807, 2.05) is 13.8 Å². The Balaban J connectivity index is 0.000000528. The van der Waals surface area contributed by atoms with Gasteiger partial charge in [-0.1, -0.05) is 56.3 Å². The second-order valence-corrected chi connectivity index (χ2v) is 5.31. The highest BCUT2D eigenvalue weighted by Gasteiger charge is 2.29. The number of hydrogen-bond donors (Lipinski definition) is 0. The van der Waals surface area contributed by atoms with Crippen LogP contribution in [0.15, 0.2) is 42.5 Å². The van der Waals surface area contributed by atoms with Crippen LogP contribution in [-0.4, -0.2) is 0 Å². The normalized spacial score (nSPS) is 18.7. The summed E-state index contributed by atoms with van der Waals surface area (Å²) >= 11 is 0. The van der Waals surface area contributed by atoms with Crippen LogP contribution in [0.3, 0.4) is 0 Å². The highest BCUT2D eigenvalue weighted by molar-refractivity contribution is 5.53. The van der Waals surface area contributed by atoms with E-state index in [2.05, 4.69) is 42.5 Å². The molecule has 2 aromatic carbocycles. The maximum atomic E-state index is 2.34. The van der Waals surface area contributed by atoms with Crippen LogP contribution in [-0.2, 0) is 12.8 Å². The largest absolute Gasteiger partial charge is 0.0683 e. The SMILES string of the molecule is CC.c1ccc2c(c1)Cc1cccc3c1C2CCC3. The van der Waals surface area contributed by atoms with Crippen molar-refractivity contribution < 1.29 is 0 Å². The first-order chi connectivity index (χ1) is 9.43. The van der Waals surface area contributed by atoms with Gasteiger partial charge in [0, 0.05) is 5.92 Å². The Bertz CT molecular complexity index is 580. The quantitative estimate of drug-likeness (QED) is 0.611. The minimum atomic E-state index is 0.680. The van der Waals surface area contributed by atoms with Crippen LogP contribution in [0.5, 0.6) is 0 Å². The molecule has 1 unspecified atom stereocenters. The molecule has 2 aliphatic carbocycles. The Morgan fingerprint density at radius 3 is 2.47 bits per heavy atom. The summed E-state index contributed by atoms with van der Waals surface area (Å²) < 4.78 is 0. The summed E-state index contributed by atoms with van der Waals surface area (Å²) in [6.45, 7) is 4.00. The van der Waals surface area contributed by atoms with Crippen molar-refractivity contribution in [2.75, 3.05) is 0 Å². The highest BCUT2D eigenvalue weighted by atomic mass is 14.3. The average molecular weight is 250 g/mol. The summed E-state index contributed by atoms with van der Waals surface area (Å²) in [4.78, 5) is 0. The second kappa shape index (κ2) is 5.21. The maximum absolute atomic E-state index is 2.34. The summed E-state index contributed by atoms with van der Waals surface area (Å²) in [5.41, 5.74) is 7.98. The summed E-state index contributed by atoms with van der Waals surface area (Å²) in [5.74, 6) is 0.680. The molecule has 0 heterocycles. The smallest absolute Gasteiger partial charge is 0.00978 e. The zero-order chi connectivity index (χ0) is 13.2. The molecule has 0 saturated heterocycles. The van der Waals surface area contributed by atoms with Crippen molar-refractivity contribution in [2.24, 2.45) is 0 Å². The van der Waals surface area contributed by atoms with Crippen molar-refractivity contribution in [1.29, 1.82) is 0 Å². The lowest BCUT2D eigenvalue weighted by Crippen LogP contribution is -2.19. The molecule has 4 rings (SSSR count). The molecule has 98 valence electrons. The standard InChI is InChI=1S/C17H16.C2H6/c1-2-9-15-13(5-1)11-14-8-3-6-12-7-4-10-16(15)17(12)14;1-2/h1-3,5-6,8-9,16H,4,7,10-11H2;1-2H3. The van der Waals surface area contributed by atoms with Gasteiger partial charge in [-0.25, -0.2) is 0 Å². The molecule has 19 heavy (non-hydrogen) atoms. The lowest BCUT2D eigenvalue weighted by atomic mass is 9.71. The van der Waals surface area contributed by atoms with E-state index in [1.54, 1.807) is 27.8 Å². The number of fused-ring (bicyclic) bond motifs is 2. The van der Waals surface area contributed by atoms with Crippen LogP contribution in [0.4, 0.5) is 0 Å². The van der Waals surface area contributed by atoms with Gasteiger partial charge in [0.05, 0.1) is 0 Å². The monoisotopic (exact) mass is 250 g/mol. The van der Waals surface area contributed by atoms with Gasteiger partial charge in [0.2, 0.25) is 0 Å². The zero-order valence-corrected chi connectivity index (χ0v) is 11.9. The summed E-state index contributed by atoms with van der Waals surface area (Å²) in [6, 6.07) is 15.9. The molecule has 0 heteroatoms.